The molecule has 1 aliphatic carbocycles. The maximum Gasteiger partial charge on any atom is 0.326 e. The van der Waals surface area contributed by atoms with Gasteiger partial charge in [-0.2, -0.15) is 0 Å². The fourth-order valence-corrected chi connectivity index (χ4v) is 6.85. The van der Waals surface area contributed by atoms with Gasteiger partial charge in [0, 0.05) is 36.6 Å². The lowest BCUT2D eigenvalue weighted by Gasteiger charge is -2.50. The van der Waals surface area contributed by atoms with Crippen molar-refractivity contribution < 1.29 is 33.8 Å². The quantitative estimate of drug-likeness (QED) is 0.272. The summed E-state index contributed by atoms with van der Waals surface area (Å²) in [5, 5.41) is 15.6. The van der Waals surface area contributed by atoms with E-state index < -0.39 is 29.9 Å². The Hall–Kier alpha value is -4.61. The summed E-state index contributed by atoms with van der Waals surface area (Å²) in [5.41, 5.74) is 1.90. The first-order valence-corrected chi connectivity index (χ1v) is 15.6. The van der Waals surface area contributed by atoms with Crippen molar-refractivity contribution in [3.05, 3.63) is 87.7 Å². The van der Waals surface area contributed by atoms with Gasteiger partial charge in [0.25, 0.3) is 5.91 Å². The number of hydrogen-bond donors (Lipinski definition) is 3. The van der Waals surface area contributed by atoms with Gasteiger partial charge in [0.1, 0.15) is 12.1 Å². The van der Waals surface area contributed by atoms with Crippen LogP contribution >= 0.6 is 23.2 Å². The molecule has 13 heteroatoms. The second-order valence-electron chi connectivity index (χ2n) is 11.4. The number of fused-ring (bicyclic) bond motifs is 4. The number of hydrogen-bond acceptors (Lipinski definition) is 7. The van der Waals surface area contributed by atoms with Crippen molar-refractivity contribution in [3.63, 3.8) is 0 Å². The van der Waals surface area contributed by atoms with Crippen LogP contribution in [0.3, 0.4) is 0 Å². The molecule has 1 aromatic heterocycles. The zero-order valence-corrected chi connectivity index (χ0v) is 26.0. The molecule has 2 saturated heterocycles. The van der Waals surface area contributed by atoms with E-state index in [1.807, 2.05) is 6.07 Å². The van der Waals surface area contributed by atoms with Crippen molar-refractivity contribution in [3.8, 4) is 11.5 Å². The summed E-state index contributed by atoms with van der Waals surface area (Å²) in [4.78, 5) is 57.6. The fourth-order valence-electron chi connectivity index (χ4n) is 6.32. The van der Waals surface area contributed by atoms with Crippen molar-refractivity contribution in [2.24, 2.45) is 5.92 Å². The van der Waals surface area contributed by atoms with Gasteiger partial charge in [0.2, 0.25) is 18.6 Å². The number of nitrogens with one attached hydrogen (secondary N) is 2. The molecular formula is C33H30Cl2N4O7. The SMILES string of the molecule is O=C(Nc1ccc(CC(NC(=O)C2C3CCC(CC3)N2C(=O)/C=C/c2ccc3c(c2)OCO3)C(=O)O)cc1)c1c(Cl)cncc1Cl. The Morgan fingerprint density at radius 3 is 2.37 bits per heavy atom. The molecular weight excluding hydrogens is 635 g/mol. The standard InChI is InChI=1S/C33H30Cl2N4O7/c34-23-15-36-16-24(35)29(23)31(41)37-21-7-1-18(2-8-21)13-25(33(43)44)38-32(42)30-20-5-9-22(10-6-20)39(30)28(40)12-4-19-3-11-26-27(14-19)46-17-45-26/h1-4,7-8,11-12,14-16,20,22,25,30H,5-6,9-10,13,17H2,(H,37,41)(H,38,42)(H,43,44)/b12-4+. The third-order valence-corrected chi connectivity index (χ3v) is 9.14. The number of carboxylic acids is 1. The minimum Gasteiger partial charge on any atom is -0.480 e. The van der Waals surface area contributed by atoms with E-state index in [0.29, 0.717) is 22.7 Å². The maximum absolute atomic E-state index is 13.7. The third kappa shape index (κ3) is 6.66. The number of anilines is 1. The molecule has 238 valence electrons. The topological polar surface area (TPSA) is 147 Å². The fraction of sp³-hybridized carbons (Fsp3) is 0.303. The van der Waals surface area contributed by atoms with Gasteiger partial charge in [-0.3, -0.25) is 19.4 Å². The van der Waals surface area contributed by atoms with E-state index in [0.717, 1.165) is 31.2 Å². The molecule has 3 aromatic rings. The summed E-state index contributed by atoms with van der Waals surface area (Å²) in [6.45, 7) is 0.147. The molecule has 46 heavy (non-hydrogen) atoms. The van der Waals surface area contributed by atoms with Crippen molar-refractivity contribution in [1.29, 1.82) is 0 Å². The molecule has 3 N–H and O–H groups in total. The number of piperidine rings is 2. The molecule has 3 aliphatic heterocycles. The van der Waals surface area contributed by atoms with E-state index in [-0.39, 0.29) is 46.7 Å². The number of carboxylic acid groups (broad SMARTS) is 1. The van der Waals surface area contributed by atoms with Crippen LogP contribution in [0, 0.1) is 5.92 Å². The van der Waals surface area contributed by atoms with Gasteiger partial charge in [-0.1, -0.05) is 41.4 Å². The lowest BCUT2D eigenvalue weighted by Crippen LogP contribution is -2.63. The first kappa shape index (κ1) is 31.4. The van der Waals surface area contributed by atoms with Crippen LogP contribution in [0.25, 0.3) is 6.08 Å². The summed E-state index contributed by atoms with van der Waals surface area (Å²) in [7, 11) is 0. The van der Waals surface area contributed by atoms with E-state index >= 15 is 0 Å². The van der Waals surface area contributed by atoms with E-state index in [9.17, 15) is 24.3 Å². The molecule has 7 rings (SSSR count). The van der Waals surface area contributed by atoms with E-state index in [2.05, 4.69) is 15.6 Å². The average Bonchev–Trinajstić information content (AvgIpc) is 3.52. The molecule has 2 unspecified atom stereocenters. The molecule has 1 saturated carbocycles. The van der Waals surface area contributed by atoms with Crippen LogP contribution in [0.1, 0.15) is 47.2 Å². The highest BCUT2D eigenvalue weighted by Gasteiger charge is 2.47. The number of benzene rings is 2. The minimum atomic E-state index is -1.23. The maximum atomic E-state index is 13.7. The van der Waals surface area contributed by atoms with Crippen molar-refractivity contribution >= 4 is 58.7 Å². The molecule has 0 radical (unpaired) electrons. The summed E-state index contributed by atoms with van der Waals surface area (Å²) < 4.78 is 10.8. The van der Waals surface area contributed by atoms with Gasteiger partial charge in [0.15, 0.2) is 11.5 Å². The number of carbonyl (C=O) groups excluding carboxylic acids is 3. The van der Waals surface area contributed by atoms with Gasteiger partial charge < -0.3 is 30.1 Å². The predicted octanol–water partition coefficient (Wildman–Crippen LogP) is 4.96. The van der Waals surface area contributed by atoms with Crippen LogP contribution in [0.2, 0.25) is 10.0 Å². The van der Waals surface area contributed by atoms with Gasteiger partial charge in [-0.15, -0.1) is 0 Å². The Bertz CT molecular complexity index is 1690. The molecule has 3 fully saturated rings. The molecule has 2 atom stereocenters. The second kappa shape index (κ2) is 13.4. The number of aliphatic carboxylic acids is 1. The highest BCUT2D eigenvalue weighted by atomic mass is 35.5. The van der Waals surface area contributed by atoms with Crippen LogP contribution in [0.5, 0.6) is 11.5 Å². The number of rotatable bonds is 9. The lowest BCUT2D eigenvalue weighted by molar-refractivity contribution is -0.151. The highest BCUT2D eigenvalue weighted by molar-refractivity contribution is 6.40. The summed E-state index contributed by atoms with van der Waals surface area (Å²) >= 11 is 12.1. The van der Waals surface area contributed by atoms with Crippen molar-refractivity contribution in [2.45, 2.75) is 50.2 Å². The van der Waals surface area contributed by atoms with Crippen LogP contribution in [0.4, 0.5) is 5.69 Å². The Morgan fingerprint density at radius 1 is 0.978 bits per heavy atom. The van der Waals surface area contributed by atoms with Gasteiger partial charge in [-0.05, 0) is 73.1 Å². The Balaban J connectivity index is 1.12. The van der Waals surface area contributed by atoms with Gasteiger partial charge in [-0.25, -0.2) is 4.79 Å². The number of nitrogens with zero attached hydrogens (tertiary/aromatic N) is 2. The number of amides is 3. The average molecular weight is 666 g/mol. The third-order valence-electron chi connectivity index (χ3n) is 8.57. The van der Waals surface area contributed by atoms with Crippen LogP contribution in [0.15, 0.2) is 60.9 Å². The molecule has 0 spiro atoms. The minimum absolute atomic E-state index is 0.00388. The number of aromatic nitrogens is 1. The number of halogens is 2. The molecule has 2 bridgehead atoms. The zero-order chi connectivity index (χ0) is 32.4. The number of ether oxygens (including phenoxy) is 2. The second-order valence-corrected chi connectivity index (χ2v) is 12.3. The smallest absolute Gasteiger partial charge is 0.326 e. The van der Waals surface area contributed by atoms with E-state index in [1.165, 1.54) is 18.5 Å². The van der Waals surface area contributed by atoms with Gasteiger partial charge in [0.05, 0.1) is 15.6 Å². The summed E-state index contributed by atoms with van der Waals surface area (Å²) in [6, 6.07) is 9.81. The van der Waals surface area contributed by atoms with E-state index in [4.69, 9.17) is 32.7 Å². The molecule has 11 nitrogen and oxygen atoms in total. The Kier molecular flexibility index (Phi) is 9.14. The monoisotopic (exact) mass is 664 g/mol. The number of carbonyl (C=O) groups is 4. The zero-order valence-electron chi connectivity index (χ0n) is 24.4. The van der Waals surface area contributed by atoms with Crippen LogP contribution < -0.4 is 20.1 Å². The normalized spacial score (nSPS) is 20.4. The Labute approximate surface area is 274 Å². The first-order chi connectivity index (χ1) is 22.2. The first-order valence-electron chi connectivity index (χ1n) is 14.8. The largest absolute Gasteiger partial charge is 0.480 e. The molecule has 4 aliphatic rings. The molecule has 4 heterocycles. The highest BCUT2D eigenvalue weighted by Crippen LogP contribution is 2.40. The van der Waals surface area contributed by atoms with Crippen molar-refractivity contribution in [2.75, 3.05) is 12.1 Å². The number of pyridine rings is 1. The van der Waals surface area contributed by atoms with Gasteiger partial charge >= 0.3 is 5.97 Å². The van der Waals surface area contributed by atoms with E-state index in [1.54, 1.807) is 47.4 Å². The molecule has 2 aromatic carbocycles. The van der Waals surface area contributed by atoms with Crippen LogP contribution in [-0.2, 0) is 20.8 Å². The summed E-state index contributed by atoms with van der Waals surface area (Å²) in [5.74, 6) is -1.33. The van der Waals surface area contributed by atoms with Crippen LogP contribution in [-0.4, -0.2) is 63.6 Å². The van der Waals surface area contributed by atoms with Crippen molar-refractivity contribution in [1.82, 2.24) is 15.2 Å². The lowest BCUT2D eigenvalue weighted by atomic mass is 9.74. The molecule has 3 amide bonds. The predicted molar refractivity (Wildman–Crippen MR) is 170 cm³/mol. The summed E-state index contributed by atoms with van der Waals surface area (Å²) in [6.07, 6.45) is 8.92. The Morgan fingerprint density at radius 2 is 1.67 bits per heavy atom.